The fourth-order valence-corrected chi connectivity index (χ4v) is 3.88. The lowest BCUT2D eigenvalue weighted by atomic mass is 10.0. The molecule has 0 saturated carbocycles. The number of nitrogens with two attached hydrogens (primary N) is 1. The van der Waals surface area contributed by atoms with Gasteiger partial charge in [0.2, 0.25) is 0 Å². The van der Waals surface area contributed by atoms with Crippen LogP contribution in [0.15, 0.2) is 5.38 Å². The maximum absolute atomic E-state index is 6.01. The van der Waals surface area contributed by atoms with Gasteiger partial charge in [-0.3, -0.25) is 0 Å². The minimum atomic E-state index is 0.407. The van der Waals surface area contributed by atoms with Gasteiger partial charge in [0, 0.05) is 17.1 Å². The maximum atomic E-state index is 6.01. The molecule has 0 aromatic carbocycles. The molecule has 0 bridgehead atoms. The molecular weight excluding hydrogens is 288 g/mol. The Hall–Kier alpha value is -1.14. The highest BCUT2D eigenvalue weighted by molar-refractivity contribution is 7.15. The predicted molar refractivity (Wildman–Crippen MR) is 89.5 cm³/mol. The van der Waals surface area contributed by atoms with E-state index in [0.29, 0.717) is 17.8 Å². The van der Waals surface area contributed by atoms with Crippen LogP contribution in [0.4, 0.5) is 10.8 Å². The van der Waals surface area contributed by atoms with E-state index in [2.05, 4.69) is 35.4 Å². The highest BCUT2D eigenvalue weighted by Crippen LogP contribution is 2.38. The van der Waals surface area contributed by atoms with E-state index < -0.39 is 0 Å². The summed E-state index contributed by atoms with van der Waals surface area (Å²) in [6.45, 7) is 8.71. The number of hydrogen-bond donors (Lipinski definition) is 2. The number of hydrogen-bond acceptors (Lipinski definition) is 6. The Morgan fingerprint density at radius 2 is 2.15 bits per heavy atom. The molecule has 0 radical (unpaired) electrons. The quantitative estimate of drug-likeness (QED) is 0.830. The first kappa shape index (κ1) is 15.3. The van der Waals surface area contributed by atoms with Gasteiger partial charge in [-0.1, -0.05) is 20.3 Å². The van der Waals surface area contributed by atoms with Crippen molar-refractivity contribution in [1.82, 2.24) is 9.36 Å². The molecule has 2 unspecified atom stereocenters. The normalized spacial score (nSPS) is 14.2. The van der Waals surface area contributed by atoms with Crippen molar-refractivity contribution in [2.24, 2.45) is 5.92 Å². The second-order valence-electron chi connectivity index (χ2n) is 5.36. The number of aryl methyl sites for hydroxylation is 1. The number of rotatable bonds is 6. The molecule has 0 spiro atoms. The molecule has 0 aliphatic rings. The summed E-state index contributed by atoms with van der Waals surface area (Å²) in [5.41, 5.74) is 8.00. The van der Waals surface area contributed by atoms with Crippen molar-refractivity contribution in [3.05, 3.63) is 11.1 Å². The summed E-state index contributed by atoms with van der Waals surface area (Å²) in [4.78, 5) is 4.52. The minimum absolute atomic E-state index is 0.407. The van der Waals surface area contributed by atoms with Crippen LogP contribution in [0.25, 0.3) is 10.6 Å². The number of nitrogens with zero attached hydrogens (tertiary/aromatic N) is 2. The van der Waals surface area contributed by atoms with E-state index >= 15 is 0 Å². The van der Waals surface area contributed by atoms with Crippen LogP contribution in [0.3, 0.4) is 0 Å². The van der Waals surface area contributed by atoms with Crippen molar-refractivity contribution < 1.29 is 0 Å². The van der Waals surface area contributed by atoms with Crippen LogP contribution in [-0.4, -0.2) is 15.4 Å². The second-order valence-corrected chi connectivity index (χ2v) is 6.99. The lowest BCUT2D eigenvalue weighted by molar-refractivity contribution is 0.484. The van der Waals surface area contributed by atoms with Crippen LogP contribution in [0.5, 0.6) is 0 Å². The lowest BCUT2D eigenvalue weighted by Gasteiger charge is -2.18. The van der Waals surface area contributed by atoms with E-state index in [9.17, 15) is 0 Å². The Bertz CT molecular complexity index is 561. The number of thiazole rings is 1. The average Bonchev–Trinajstić information content (AvgIpc) is 2.95. The maximum Gasteiger partial charge on any atom is 0.149 e. The average molecular weight is 310 g/mol. The van der Waals surface area contributed by atoms with Crippen LogP contribution >= 0.6 is 22.9 Å². The zero-order chi connectivity index (χ0) is 14.7. The number of aromatic nitrogens is 2. The topological polar surface area (TPSA) is 63.8 Å². The third-order valence-corrected chi connectivity index (χ3v) is 5.15. The van der Waals surface area contributed by atoms with Crippen LogP contribution in [0, 0.1) is 12.8 Å². The van der Waals surface area contributed by atoms with Crippen molar-refractivity contribution in [2.45, 2.75) is 46.6 Å². The Kier molecular flexibility index (Phi) is 4.99. The molecule has 4 nitrogen and oxygen atoms in total. The van der Waals surface area contributed by atoms with Crippen LogP contribution in [0.2, 0.25) is 0 Å². The molecule has 2 heterocycles. The van der Waals surface area contributed by atoms with Crippen molar-refractivity contribution in [3.8, 4) is 10.6 Å². The molecule has 2 rings (SSSR count). The summed E-state index contributed by atoms with van der Waals surface area (Å²) >= 11 is 3.04. The molecule has 0 aliphatic carbocycles. The first-order chi connectivity index (χ1) is 9.51. The van der Waals surface area contributed by atoms with Gasteiger partial charge in [0.25, 0.3) is 0 Å². The van der Waals surface area contributed by atoms with Gasteiger partial charge in [-0.2, -0.15) is 4.37 Å². The summed E-state index contributed by atoms with van der Waals surface area (Å²) in [7, 11) is 0. The van der Waals surface area contributed by atoms with E-state index in [-0.39, 0.29) is 0 Å². The molecule has 2 aromatic heterocycles. The molecule has 20 heavy (non-hydrogen) atoms. The van der Waals surface area contributed by atoms with E-state index in [0.717, 1.165) is 27.7 Å². The van der Waals surface area contributed by atoms with Gasteiger partial charge in [0.05, 0.1) is 5.56 Å². The van der Waals surface area contributed by atoms with E-state index in [4.69, 9.17) is 5.73 Å². The fraction of sp³-hybridized carbons (Fsp3) is 0.571. The Morgan fingerprint density at radius 3 is 2.75 bits per heavy atom. The van der Waals surface area contributed by atoms with E-state index in [1.165, 1.54) is 18.0 Å². The van der Waals surface area contributed by atoms with Gasteiger partial charge in [-0.25, -0.2) is 4.98 Å². The van der Waals surface area contributed by atoms with Crippen LogP contribution in [0.1, 0.15) is 39.3 Å². The number of nitrogen functional groups attached to an aromatic ring is 1. The summed E-state index contributed by atoms with van der Waals surface area (Å²) < 4.78 is 4.28. The second kappa shape index (κ2) is 6.54. The molecule has 0 saturated heterocycles. The predicted octanol–water partition coefficient (Wildman–Crippen LogP) is 4.39. The number of anilines is 2. The lowest BCUT2D eigenvalue weighted by Crippen LogP contribution is -2.17. The molecule has 6 heteroatoms. The highest BCUT2D eigenvalue weighted by Gasteiger charge is 2.18. The molecule has 2 atom stereocenters. The Balaban J connectivity index is 2.17. The Morgan fingerprint density at radius 1 is 1.40 bits per heavy atom. The highest BCUT2D eigenvalue weighted by atomic mass is 32.1. The van der Waals surface area contributed by atoms with Crippen molar-refractivity contribution >= 4 is 33.7 Å². The fourth-order valence-electron chi connectivity index (χ4n) is 2.13. The first-order valence-electron chi connectivity index (χ1n) is 6.95. The summed E-state index contributed by atoms with van der Waals surface area (Å²) in [5, 5.41) is 7.57. The van der Waals surface area contributed by atoms with Crippen LogP contribution < -0.4 is 11.1 Å². The molecular formula is C14H22N4S2. The molecule has 3 N–H and O–H groups in total. The third-order valence-electron chi connectivity index (χ3n) is 3.38. The Labute approximate surface area is 128 Å². The smallest absolute Gasteiger partial charge is 0.149 e. The van der Waals surface area contributed by atoms with Gasteiger partial charge in [0.15, 0.2) is 0 Å². The molecule has 0 aliphatic heterocycles. The standard InChI is InChI=1S/C14H22N4S2/c1-5-8(2)6-9(3)16-14-11(12(15)18-20-14)13-17-10(4)7-19-13/h7-9,16H,5-6H2,1-4H3,(H2,15,18). The molecule has 2 aromatic rings. The first-order valence-corrected chi connectivity index (χ1v) is 8.60. The van der Waals surface area contributed by atoms with Crippen molar-refractivity contribution in [2.75, 3.05) is 11.1 Å². The zero-order valence-corrected chi connectivity index (χ0v) is 14.1. The van der Waals surface area contributed by atoms with Gasteiger partial charge >= 0.3 is 0 Å². The monoisotopic (exact) mass is 310 g/mol. The molecule has 0 amide bonds. The van der Waals surface area contributed by atoms with Gasteiger partial charge in [-0.15, -0.1) is 11.3 Å². The van der Waals surface area contributed by atoms with E-state index in [1.54, 1.807) is 11.3 Å². The summed E-state index contributed by atoms with van der Waals surface area (Å²) in [5.74, 6) is 1.29. The third kappa shape index (κ3) is 3.49. The van der Waals surface area contributed by atoms with Crippen molar-refractivity contribution in [3.63, 3.8) is 0 Å². The largest absolute Gasteiger partial charge is 0.382 e. The SMILES string of the molecule is CCC(C)CC(C)Nc1snc(N)c1-c1nc(C)cs1. The van der Waals surface area contributed by atoms with Crippen molar-refractivity contribution in [1.29, 1.82) is 0 Å². The molecule has 0 fully saturated rings. The molecule has 110 valence electrons. The van der Waals surface area contributed by atoms with Gasteiger partial charge in [-0.05, 0) is 37.7 Å². The number of nitrogens with one attached hydrogen (secondary N) is 1. The zero-order valence-electron chi connectivity index (χ0n) is 12.4. The van der Waals surface area contributed by atoms with Gasteiger partial charge in [0.1, 0.15) is 15.8 Å². The summed E-state index contributed by atoms with van der Waals surface area (Å²) in [6.07, 6.45) is 2.35. The van der Waals surface area contributed by atoms with Gasteiger partial charge < -0.3 is 11.1 Å². The van der Waals surface area contributed by atoms with E-state index in [1.807, 2.05) is 12.3 Å². The van der Waals surface area contributed by atoms with Crippen LogP contribution in [-0.2, 0) is 0 Å². The summed E-state index contributed by atoms with van der Waals surface area (Å²) in [6, 6.07) is 0.407. The minimum Gasteiger partial charge on any atom is -0.382 e.